The third kappa shape index (κ3) is 2.75. The summed E-state index contributed by atoms with van der Waals surface area (Å²) in [6.45, 7) is 8.41. The summed E-state index contributed by atoms with van der Waals surface area (Å²) >= 11 is 0. The van der Waals surface area contributed by atoms with Gasteiger partial charge in [0.15, 0.2) is 0 Å². The molecule has 3 rings (SSSR count). The van der Waals surface area contributed by atoms with Crippen LogP contribution in [0.4, 0.5) is 0 Å². The SMILES string of the molecule is CCNC1c2ccccc2CC1Cc1cc(C)nn1CC. The zero-order chi connectivity index (χ0) is 14.8. The Hall–Kier alpha value is -1.61. The summed E-state index contributed by atoms with van der Waals surface area (Å²) in [6.07, 6.45) is 2.27. The highest BCUT2D eigenvalue weighted by Gasteiger charge is 2.32. The Labute approximate surface area is 127 Å². The van der Waals surface area contributed by atoms with E-state index in [1.807, 2.05) is 0 Å². The van der Waals surface area contributed by atoms with Crippen molar-refractivity contribution in [3.8, 4) is 0 Å². The highest BCUT2D eigenvalue weighted by Crippen LogP contribution is 2.37. The van der Waals surface area contributed by atoms with Gasteiger partial charge in [-0.3, -0.25) is 4.68 Å². The van der Waals surface area contributed by atoms with E-state index in [9.17, 15) is 0 Å². The van der Waals surface area contributed by atoms with E-state index in [0.29, 0.717) is 12.0 Å². The number of nitrogens with one attached hydrogen (secondary N) is 1. The maximum absolute atomic E-state index is 4.59. The van der Waals surface area contributed by atoms with E-state index in [0.717, 1.165) is 25.2 Å². The van der Waals surface area contributed by atoms with Crippen molar-refractivity contribution < 1.29 is 0 Å². The zero-order valence-electron chi connectivity index (χ0n) is 13.3. The van der Waals surface area contributed by atoms with Gasteiger partial charge in [-0.1, -0.05) is 31.2 Å². The average Bonchev–Trinajstić information content (AvgIpc) is 3.01. The number of benzene rings is 1. The van der Waals surface area contributed by atoms with E-state index < -0.39 is 0 Å². The molecule has 2 atom stereocenters. The van der Waals surface area contributed by atoms with Crippen molar-refractivity contribution in [2.24, 2.45) is 5.92 Å². The normalized spacial score (nSPS) is 20.7. The number of hydrogen-bond acceptors (Lipinski definition) is 2. The summed E-state index contributed by atoms with van der Waals surface area (Å²) in [5, 5.41) is 8.27. The van der Waals surface area contributed by atoms with Crippen molar-refractivity contribution >= 4 is 0 Å². The van der Waals surface area contributed by atoms with Crippen LogP contribution in [0.25, 0.3) is 0 Å². The fourth-order valence-electron chi connectivity index (χ4n) is 3.67. The lowest BCUT2D eigenvalue weighted by molar-refractivity contribution is 0.383. The molecule has 0 saturated carbocycles. The van der Waals surface area contributed by atoms with Gasteiger partial charge in [0.2, 0.25) is 0 Å². The minimum Gasteiger partial charge on any atom is -0.310 e. The Kier molecular flexibility index (Phi) is 4.11. The molecule has 1 N–H and O–H groups in total. The second kappa shape index (κ2) is 6.02. The van der Waals surface area contributed by atoms with Crippen LogP contribution in [0.1, 0.15) is 42.4 Å². The molecule has 0 fully saturated rings. The molecule has 1 aliphatic rings. The van der Waals surface area contributed by atoms with E-state index in [1.165, 1.54) is 23.2 Å². The maximum Gasteiger partial charge on any atom is 0.0596 e. The molecule has 0 spiro atoms. The van der Waals surface area contributed by atoms with Crippen LogP contribution in [0.3, 0.4) is 0 Å². The van der Waals surface area contributed by atoms with Gasteiger partial charge in [0, 0.05) is 18.3 Å². The molecule has 1 aromatic carbocycles. The minimum atomic E-state index is 0.478. The van der Waals surface area contributed by atoms with Crippen LogP contribution in [0.5, 0.6) is 0 Å². The number of hydrogen-bond donors (Lipinski definition) is 1. The molecule has 112 valence electrons. The number of nitrogens with zero attached hydrogens (tertiary/aromatic N) is 2. The number of aromatic nitrogens is 2. The summed E-state index contributed by atoms with van der Waals surface area (Å²) in [6, 6.07) is 11.6. The second-order valence-corrected chi connectivity index (χ2v) is 6.00. The topological polar surface area (TPSA) is 29.9 Å². The molecule has 1 aliphatic carbocycles. The molecule has 3 heteroatoms. The zero-order valence-corrected chi connectivity index (χ0v) is 13.3. The maximum atomic E-state index is 4.59. The quantitative estimate of drug-likeness (QED) is 0.912. The Morgan fingerprint density at radius 3 is 2.86 bits per heavy atom. The van der Waals surface area contributed by atoms with Gasteiger partial charge in [-0.15, -0.1) is 0 Å². The predicted octanol–water partition coefficient (Wildman–Crippen LogP) is 3.28. The van der Waals surface area contributed by atoms with Gasteiger partial charge in [-0.25, -0.2) is 0 Å². The van der Waals surface area contributed by atoms with Gasteiger partial charge in [0.25, 0.3) is 0 Å². The number of rotatable bonds is 5. The summed E-state index contributed by atoms with van der Waals surface area (Å²) in [7, 11) is 0. The van der Waals surface area contributed by atoms with Crippen molar-refractivity contribution in [1.29, 1.82) is 0 Å². The smallest absolute Gasteiger partial charge is 0.0596 e. The van der Waals surface area contributed by atoms with Crippen molar-refractivity contribution in [1.82, 2.24) is 15.1 Å². The van der Waals surface area contributed by atoms with Crippen molar-refractivity contribution in [2.75, 3.05) is 6.54 Å². The molecule has 0 aliphatic heterocycles. The monoisotopic (exact) mass is 283 g/mol. The molecule has 2 unspecified atom stereocenters. The summed E-state index contributed by atoms with van der Waals surface area (Å²) < 4.78 is 2.15. The van der Waals surface area contributed by atoms with Crippen LogP contribution in [0.15, 0.2) is 30.3 Å². The Bertz CT molecular complexity index is 615. The van der Waals surface area contributed by atoms with Gasteiger partial charge < -0.3 is 5.32 Å². The van der Waals surface area contributed by atoms with Gasteiger partial charge in [0.1, 0.15) is 0 Å². The lowest BCUT2D eigenvalue weighted by atomic mass is 9.95. The van der Waals surface area contributed by atoms with Gasteiger partial charge in [0.05, 0.1) is 5.69 Å². The second-order valence-electron chi connectivity index (χ2n) is 6.00. The summed E-state index contributed by atoms with van der Waals surface area (Å²) in [5.41, 5.74) is 5.49. The van der Waals surface area contributed by atoms with E-state index in [-0.39, 0.29) is 0 Å². The first-order valence-electron chi connectivity index (χ1n) is 8.07. The molecule has 0 saturated heterocycles. The molecule has 1 aromatic heterocycles. The van der Waals surface area contributed by atoms with Gasteiger partial charge >= 0.3 is 0 Å². The highest BCUT2D eigenvalue weighted by molar-refractivity contribution is 5.36. The largest absolute Gasteiger partial charge is 0.310 e. The fraction of sp³-hybridized carbons (Fsp3) is 0.500. The van der Waals surface area contributed by atoms with Crippen LogP contribution < -0.4 is 5.32 Å². The molecule has 0 radical (unpaired) electrons. The van der Waals surface area contributed by atoms with E-state index in [4.69, 9.17) is 0 Å². The standard InChI is InChI=1S/C18H25N3/c1-4-19-18-15(11-14-8-6-7-9-17(14)18)12-16-10-13(3)20-21(16)5-2/h6-10,15,18-19H,4-5,11-12H2,1-3H3. The summed E-state index contributed by atoms with van der Waals surface area (Å²) in [4.78, 5) is 0. The van der Waals surface area contributed by atoms with Crippen LogP contribution in [0, 0.1) is 12.8 Å². The lowest BCUT2D eigenvalue weighted by Gasteiger charge is -2.21. The van der Waals surface area contributed by atoms with E-state index in [2.05, 4.69) is 66.2 Å². The third-order valence-corrected chi connectivity index (χ3v) is 4.52. The van der Waals surface area contributed by atoms with Gasteiger partial charge in [-0.2, -0.15) is 5.10 Å². The van der Waals surface area contributed by atoms with E-state index >= 15 is 0 Å². The van der Waals surface area contributed by atoms with Crippen LogP contribution in [-0.4, -0.2) is 16.3 Å². The van der Waals surface area contributed by atoms with Crippen molar-refractivity contribution in [2.45, 2.75) is 46.2 Å². The fourth-order valence-corrected chi connectivity index (χ4v) is 3.67. The molecule has 3 nitrogen and oxygen atoms in total. The third-order valence-electron chi connectivity index (χ3n) is 4.52. The van der Waals surface area contributed by atoms with Gasteiger partial charge in [-0.05, 0) is 56.3 Å². The average molecular weight is 283 g/mol. The van der Waals surface area contributed by atoms with Crippen LogP contribution in [0.2, 0.25) is 0 Å². The number of aryl methyl sites for hydroxylation is 2. The first-order valence-corrected chi connectivity index (χ1v) is 8.07. The van der Waals surface area contributed by atoms with Crippen molar-refractivity contribution in [3.63, 3.8) is 0 Å². The minimum absolute atomic E-state index is 0.478. The van der Waals surface area contributed by atoms with Crippen LogP contribution in [-0.2, 0) is 19.4 Å². The molecule has 21 heavy (non-hydrogen) atoms. The van der Waals surface area contributed by atoms with Crippen LogP contribution >= 0.6 is 0 Å². The Balaban J connectivity index is 1.85. The molecular formula is C18H25N3. The van der Waals surface area contributed by atoms with Crippen molar-refractivity contribution in [3.05, 3.63) is 52.8 Å². The molecule has 0 amide bonds. The number of fused-ring (bicyclic) bond motifs is 1. The molecule has 2 aromatic rings. The predicted molar refractivity (Wildman–Crippen MR) is 86.4 cm³/mol. The van der Waals surface area contributed by atoms with E-state index in [1.54, 1.807) is 0 Å². The summed E-state index contributed by atoms with van der Waals surface area (Å²) in [5.74, 6) is 0.628. The lowest BCUT2D eigenvalue weighted by Crippen LogP contribution is -2.27. The molecule has 0 bridgehead atoms. The molecule has 1 heterocycles. The molecular weight excluding hydrogens is 258 g/mol. The Morgan fingerprint density at radius 2 is 2.10 bits per heavy atom. The highest BCUT2D eigenvalue weighted by atomic mass is 15.3. The first kappa shape index (κ1) is 14.3. The Morgan fingerprint density at radius 1 is 1.29 bits per heavy atom. The first-order chi connectivity index (χ1) is 10.2.